The maximum Gasteiger partial charge on any atom is 0.0561 e. The highest BCUT2D eigenvalue weighted by Gasteiger charge is 2.31. The topological polar surface area (TPSA) is 21.3 Å². The van der Waals surface area contributed by atoms with Gasteiger partial charge in [0.1, 0.15) is 0 Å². The SMILES string of the molecule is CCNC(c1sccc1Cl)C1CCOCC1C. The van der Waals surface area contributed by atoms with Crippen LogP contribution in [0, 0.1) is 11.8 Å². The summed E-state index contributed by atoms with van der Waals surface area (Å²) >= 11 is 8.03. The highest BCUT2D eigenvalue weighted by Crippen LogP contribution is 2.39. The minimum absolute atomic E-state index is 0.381. The van der Waals surface area contributed by atoms with Crippen LogP contribution in [0.15, 0.2) is 11.4 Å². The van der Waals surface area contributed by atoms with Crippen LogP contribution in [-0.2, 0) is 4.74 Å². The Bertz CT molecular complexity index is 355. The number of nitrogens with one attached hydrogen (secondary N) is 1. The molecule has 0 radical (unpaired) electrons. The van der Waals surface area contributed by atoms with Crippen LogP contribution in [0.25, 0.3) is 0 Å². The van der Waals surface area contributed by atoms with Gasteiger partial charge in [-0.05, 0) is 36.2 Å². The molecule has 2 heterocycles. The van der Waals surface area contributed by atoms with Crippen molar-refractivity contribution < 1.29 is 4.74 Å². The lowest BCUT2D eigenvalue weighted by atomic mass is 9.83. The van der Waals surface area contributed by atoms with E-state index in [0.29, 0.717) is 17.9 Å². The molecule has 2 rings (SSSR count). The number of hydrogen-bond donors (Lipinski definition) is 1. The molecule has 0 aliphatic carbocycles. The van der Waals surface area contributed by atoms with E-state index in [0.717, 1.165) is 31.2 Å². The fourth-order valence-corrected chi connectivity index (χ4v) is 3.90. The first-order chi connectivity index (χ1) is 8.24. The summed E-state index contributed by atoms with van der Waals surface area (Å²) in [6.07, 6.45) is 1.12. The summed E-state index contributed by atoms with van der Waals surface area (Å²) in [5.41, 5.74) is 0. The van der Waals surface area contributed by atoms with Crippen LogP contribution in [0.3, 0.4) is 0 Å². The molecule has 2 nitrogen and oxygen atoms in total. The molecule has 0 amide bonds. The number of rotatable bonds is 4. The highest BCUT2D eigenvalue weighted by molar-refractivity contribution is 7.10. The average molecular weight is 274 g/mol. The average Bonchev–Trinajstić information content (AvgIpc) is 2.74. The van der Waals surface area contributed by atoms with Gasteiger partial charge in [0, 0.05) is 24.1 Å². The number of thiophene rings is 1. The predicted molar refractivity (Wildman–Crippen MR) is 73.8 cm³/mol. The Morgan fingerprint density at radius 3 is 3.06 bits per heavy atom. The Kier molecular flexibility index (Phi) is 4.86. The van der Waals surface area contributed by atoms with Crippen molar-refractivity contribution in [3.05, 3.63) is 21.3 Å². The molecule has 0 spiro atoms. The maximum atomic E-state index is 6.28. The second-order valence-electron chi connectivity index (χ2n) is 4.67. The van der Waals surface area contributed by atoms with Crippen LogP contribution in [0.5, 0.6) is 0 Å². The second-order valence-corrected chi connectivity index (χ2v) is 6.03. The number of hydrogen-bond acceptors (Lipinski definition) is 3. The zero-order valence-corrected chi connectivity index (χ0v) is 12.0. The zero-order chi connectivity index (χ0) is 12.3. The van der Waals surface area contributed by atoms with E-state index < -0.39 is 0 Å². The maximum absolute atomic E-state index is 6.28. The fourth-order valence-electron chi connectivity index (χ4n) is 2.58. The molecule has 1 aliphatic rings. The molecular weight excluding hydrogens is 254 g/mol. The van der Waals surface area contributed by atoms with Crippen molar-refractivity contribution in [3.8, 4) is 0 Å². The molecule has 1 aromatic heterocycles. The van der Waals surface area contributed by atoms with Crippen LogP contribution < -0.4 is 5.32 Å². The van der Waals surface area contributed by atoms with Crippen molar-refractivity contribution in [1.29, 1.82) is 0 Å². The van der Waals surface area contributed by atoms with Crippen LogP contribution >= 0.6 is 22.9 Å². The van der Waals surface area contributed by atoms with Crippen molar-refractivity contribution in [2.45, 2.75) is 26.3 Å². The number of ether oxygens (including phenoxy) is 1. The summed E-state index contributed by atoms with van der Waals surface area (Å²) in [6.45, 7) is 7.15. The minimum Gasteiger partial charge on any atom is -0.381 e. The van der Waals surface area contributed by atoms with Gasteiger partial charge in [-0.1, -0.05) is 25.4 Å². The lowest BCUT2D eigenvalue weighted by Crippen LogP contribution is -2.36. The zero-order valence-electron chi connectivity index (χ0n) is 10.4. The molecule has 0 saturated carbocycles. The van der Waals surface area contributed by atoms with E-state index in [1.54, 1.807) is 11.3 Å². The molecule has 3 atom stereocenters. The van der Waals surface area contributed by atoms with E-state index in [-0.39, 0.29) is 0 Å². The molecule has 1 aliphatic heterocycles. The smallest absolute Gasteiger partial charge is 0.0561 e. The van der Waals surface area contributed by atoms with Gasteiger partial charge in [-0.2, -0.15) is 0 Å². The first-order valence-electron chi connectivity index (χ1n) is 6.28. The first kappa shape index (κ1) is 13.3. The predicted octanol–water partition coefficient (Wildman–Crippen LogP) is 3.72. The summed E-state index contributed by atoms with van der Waals surface area (Å²) in [5, 5.41) is 6.57. The Morgan fingerprint density at radius 2 is 2.47 bits per heavy atom. The van der Waals surface area contributed by atoms with Crippen LogP contribution in [0.2, 0.25) is 5.02 Å². The van der Waals surface area contributed by atoms with Crippen LogP contribution in [-0.4, -0.2) is 19.8 Å². The molecule has 1 saturated heterocycles. The summed E-state index contributed by atoms with van der Waals surface area (Å²) in [4.78, 5) is 1.28. The van der Waals surface area contributed by atoms with Gasteiger partial charge in [-0.15, -0.1) is 11.3 Å². The number of halogens is 1. The Hall–Kier alpha value is -0.0900. The van der Waals surface area contributed by atoms with Crippen molar-refractivity contribution in [2.24, 2.45) is 11.8 Å². The molecule has 0 aromatic carbocycles. The molecule has 1 N–H and O–H groups in total. The summed E-state index contributed by atoms with van der Waals surface area (Å²) in [7, 11) is 0. The Labute approximate surface area is 112 Å². The van der Waals surface area contributed by atoms with Gasteiger partial charge in [-0.25, -0.2) is 0 Å². The van der Waals surface area contributed by atoms with E-state index in [9.17, 15) is 0 Å². The van der Waals surface area contributed by atoms with Gasteiger partial charge in [0.15, 0.2) is 0 Å². The molecule has 4 heteroatoms. The van der Waals surface area contributed by atoms with Gasteiger partial charge in [0.05, 0.1) is 5.02 Å². The summed E-state index contributed by atoms with van der Waals surface area (Å²) < 4.78 is 5.53. The molecule has 3 unspecified atom stereocenters. The third kappa shape index (κ3) is 3.02. The second kappa shape index (κ2) is 6.19. The van der Waals surface area contributed by atoms with Crippen LogP contribution in [0.4, 0.5) is 0 Å². The molecule has 17 heavy (non-hydrogen) atoms. The molecule has 1 fully saturated rings. The van der Waals surface area contributed by atoms with Crippen LogP contribution in [0.1, 0.15) is 31.2 Å². The van der Waals surface area contributed by atoms with Crippen molar-refractivity contribution in [3.63, 3.8) is 0 Å². The first-order valence-corrected chi connectivity index (χ1v) is 7.53. The fraction of sp³-hybridized carbons (Fsp3) is 0.692. The van der Waals surface area contributed by atoms with E-state index in [1.165, 1.54) is 4.88 Å². The third-order valence-corrected chi connectivity index (χ3v) is 4.93. The lowest BCUT2D eigenvalue weighted by molar-refractivity contribution is 0.0112. The monoisotopic (exact) mass is 273 g/mol. The molecule has 1 aromatic rings. The van der Waals surface area contributed by atoms with Gasteiger partial charge in [0.2, 0.25) is 0 Å². The molecular formula is C13H20ClNOS. The van der Waals surface area contributed by atoms with Gasteiger partial charge < -0.3 is 10.1 Å². The third-order valence-electron chi connectivity index (χ3n) is 3.49. The van der Waals surface area contributed by atoms with E-state index >= 15 is 0 Å². The van der Waals surface area contributed by atoms with Crippen molar-refractivity contribution >= 4 is 22.9 Å². The summed E-state index contributed by atoms with van der Waals surface area (Å²) in [5.74, 6) is 1.21. The molecule has 96 valence electrons. The highest BCUT2D eigenvalue weighted by atomic mass is 35.5. The Balaban J connectivity index is 2.19. The lowest BCUT2D eigenvalue weighted by Gasteiger charge is -2.35. The Morgan fingerprint density at radius 1 is 1.65 bits per heavy atom. The molecule has 0 bridgehead atoms. The van der Waals surface area contributed by atoms with E-state index in [2.05, 4.69) is 24.5 Å². The van der Waals surface area contributed by atoms with Gasteiger partial charge in [0.25, 0.3) is 0 Å². The minimum atomic E-state index is 0.381. The van der Waals surface area contributed by atoms with E-state index in [4.69, 9.17) is 16.3 Å². The largest absolute Gasteiger partial charge is 0.381 e. The standard InChI is InChI=1S/C13H20ClNOS/c1-3-15-12(13-11(14)5-7-17-13)10-4-6-16-8-9(10)2/h5,7,9-10,12,15H,3-4,6,8H2,1-2H3. The van der Waals surface area contributed by atoms with Crippen molar-refractivity contribution in [1.82, 2.24) is 5.32 Å². The van der Waals surface area contributed by atoms with E-state index in [1.807, 2.05) is 6.07 Å². The van der Waals surface area contributed by atoms with Crippen molar-refractivity contribution in [2.75, 3.05) is 19.8 Å². The van der Waals surface area contributed by atoms with Gasteiger partial charge >= 0.3 is 0 Å². The quantitative estimate of drug-likeness (QED) is 0.903. The summed E-state index contributed by atoms with van der Waals surface area (Å²) in [6, 6.07) is 2.38. The normalized spacial score (nSPS) is 27.0. The van der Waals surface area contributed by atoms with Gasteiger partial charge in [-0.3, -0.25) is 0 Å².